The van der Waals surface area contributed by atoms with Crippen LogP contribution in [0.3, 0.4) is 0 Å². The van der Waals surface area contributed by atoms with Crippen LogP contribution in [0, 0.1) is 0 Å². The highest BCUT2D eigenvalue weighted by atomic mass is 32.2. The number of benzene rings is 2. The lowest BCUT2D eigenvalue weighted by atomic mass is 10.1. The Morgan fingerprint density at radius 1 is 1.10 bits per heavy atom. The summed E-state index contributed by atoms with van der Waals surface area (Å²) in [6.45, 7) is 0.957. The van der Waals surface area contributed by atoms with Crippen molar-refractivity contribution in [2.75, 3.05) is 26.8 Å². The van der Waals surface area contributed by atoms with E-state index in [0.717, 1.165) is 16.9 Å². The summed E-state index contributed by atoms with van der Waals surface area (Å²) < 4.78 is 39.6. The van der Waals surface area contributed by atoms with Crippen LogP contribution in [-0.2, 0) is 16.4 Å². The molecule has 0 atom stereocenters. The van der Waals surface area contributed by atoms with Crippen LogP contribution in [0.5, 0.6) is 11.5 Å². The Morgan fingerprint density at radius 2 is 1.90 bits per heavy atom. The van der Waals surface area contributed by atoms with Crippen molar-refractivity contribution in [3.05, 3.63) is 70.5 Å². The Hall–Kier alpha value is -3.17. The van der Waals surface area contributed by atoms with Crippen LogP contribution in [0.1, 0.15) is 11.6 Å². The highest BCUT2D eigenvalue weighted by Gasteiger charge is 2.39. The largest absolute Gasteiger partial charge is 0.496 e. The summed E-state index contributed by atoms with van der Waals surface area (Å²) in [6.07, 6.45) is 0.705. The van der Waals surface area contributed by atoms with E-state index in [0.29, 0.717) is 24.5 Å². The van der Waals surface area contributed by atoms with Gasteiger partial charge in [-0.3, -0.25) is 4.79 Å². The van der Waals surface area contributed by atoms with Crippen LogP contribution in [-0.4, -0.2) is 49.3 Å². The fourth-order valence-electron chi connectivity index (χ4n) is 3.93. The maximum absolute atomic E-state index is 13.0. The van der Waals surface area contributed by atoms with E-state index in [9.17, 15) is 13.2 Å². The maximum atomic E-state index is 13.0. The molecule has 3 heterocycles. The monoisotopic (exact) mass is 439 g/mol. The first kappa shape index (κ1) is 19.8. The second-order valence-corrected chi connectivity index (χ2v) is 9.48. The average Bonchev–Trinajstić information content (AvgIpc) is 3.22. The number of rotatable bonds is 5. The van der Waals surface area contributed by atoms with Crippen molar-refractivity contribution >= 4 is 10.0 Å². The molecule has 0 N–H and O–H groups in total. The van der Waals surface area contributed by atoms with Crippen molar-refractivity contribution in [2.45, 2.75) is 17.4 Å². The summed E-state index contributed by atoms with van der Waals surface area (Å²) in [4.78, 5) is 12.7. The molecule has 8 nitrogen and oxygen atoms in total. The molecule has 0 unspecified atom stereocenters. The number of fused-ring (bicyclic) bond motifs is 1. The number of hydrogen-bond donors (Lipinski definition) is 0. The lowest BCUT2D eigenvalue weighted by molar-refractivity contribution is 0.186. The van der Waals surface area contributed by atoms with Crippen LogP contribution in [0.15, 0.2) is 64.3 Å². The number of ether oxygens (including phenoxy) is 2. The molecule has 0 radical (unpaired) electrons. The first-order valence-electron chi connectivity index (χ1n) is 9.96. The standard InChI is InChI=1S/C22H21N3O5S/c1-29-21-5-3-2-4-18(21)19-7-9-22(26)25(23-19)16-13-24(14-16)31(27,28)17-6-8-20-15(12-17)10-11-30-20/h2-9,12,16H,10-11,13-14H2,1H3. The molecule has 9 heteroatoms. The van der Waals surface area contributed by atoms with Crippen LogP contribution in [0.4, 0.5) is 0 Å². The molecule has 1 aromatic heterocycles. The van der Waals surface area contributed by atoms with Gasteiger partial charge < -0.3 is 9.47 Å². The smallest absolute Gasteiger partial charge is 0.267 e. The van der Waals surface area contributed by atoms with Gasteiger partial charge in [-0.15, -0.1) is 0 Å². The second-order valence-electron chi connectivity index (χ2n) is 7.55. The van der Waals surface area contributed by atoms with Gasteiger partial charge >= 0.3 is 0 Å². The lowest BCUT2D eigenvalue weighted by Gasteiger charge is -2.38. The van der Waals surface area contributed by atoms with Crippen molar-refractivity contribution in [1.29, 1.82) is 0 Å². The molecule has 31 heavy (non-hydrogen) atoms. The maximum Gasteiger partial charge on any atom is 0.267 e. The van der Waals surface area contributed by atoms with Crippen LogP contribution in [0.25, 0.3) is 11.3 Å². The van der Waals surface area contributed by atoms with E-state index < -0.39 is 10.0 Å². The summed E-state index contributed by atoms with van der Waals surface area (Å²) in [7, 11) is -2.06. The SMILES string of the molecule is COc1ccccc1-c1ccc(=O)n(C2CN(S(=O)(=O)c3ccc4c(c3)CCO4)C2)n1. The quantitative estimate of drug-likeness (QED) is 0.605. The summed E-state index contributed by atoms with van der Waals surface area (Å²) in [5.41, 5.74) is 2.00. The zero-order valence-electron chi connectivity index (χ0n) is 16.9. The van der Waals surface area contributed by atoms with Gasteiger partial charge in [0.25, 0.3) is 5.56 Å². The van der Waals surface area contributed by atoms with Crippen LogP contribution < -0.4 is 15.0 Å². The normalized spacial score (nSPS) is 16.4. The van der Waals surface area contributed by atoms with E-state index in [2.05, 4.69) is 5.10 Å². The van der Waals surface area contributed by atoms with E-state index >= 15 is 0 Å². The highest BCUT2D eigenvalue weighted by molar-refractivity contribution is 7.89. The minimum absolute atomic E-state index is 0.193. The van der Waals surface area contributed by atoms with Gasteiger partial charge in [-0.05, 0) is 42.0 Å². The summed E-state index contributed by atoms with van der Waals surface area (Å²) in [5.74, 6) is 1.39. The molecule has 160 valence electrons. The third kappa shape index (κ3) is 3.39. The predicted molar refractivity (Wildman–Crippen MR) is 114 cm³/mol. The minimum Gasteiger partial charge on any atom is -0.496 e. The molecule has 2 aromatic carbocycles. The Balaban J connectivity index is 1.39. The molecule has 0 aliphatic carbocycles. The zero-order valence-corrected chi connectivity index (χ0v) is 17.7. The molecule has 2 aliphatic heterocycles. The molecule has 1 fully saturated rings. The number of para-hydroxylation sites is 1. The molecule has 5 rings (SSSR count). The van der Waals surface area contributed by atoms with Gasteiger partial charge in [0.05, 0.1) is 30.3 Å². The van der Waals surface area contributed by atoms with Gasteiger partial charge in [0.2, 0.25) is 10.0 Å². The lowest BCUT2D eigenvalue weighted by Crippen LogP contribution is -2.53. The fraction of sp³-hybridized carbons (Fsp3) is 0.273. The zero-order chi connectivity index (χ0) is 21.6. The molecule has 3 aromatic rings. The second kappa shape index (κ2) is 7.51. The van der Waals surface area contributed by atoms with Crippen molar-refractivity contribution in [3.63, 3.8) is 0 Å². The third-order valence-electron chi connectivity index (χ3n) is 5.68. The Kier molecular flexibility index (Phi) is 4.79. The number of methoxy groups -OCH3 is 1. The van der Waals surface area contributed by atoms with E-state index in [1.807, 2.05) is 24.3 Å². The van der Waals surface area contributed by atoms with Gasteiger partial charge in [0.1, 0.15) is 11.5 Å². The van der Waals surface area contributed by atoms with Gasteiger partial charge in [-0.1, -0.05) is 12.1 Å². The highest BCUT2D eigenvalue weighted by Crippen LogP contribution is 2.33. The Bertz CT molecular complexity index is 1310. The van der Waals surface area contributed by atoms with Crippen LogP contribution in [0.2, 0.25) is 0 Å². The van der Waals surface area contributed by atoms with Crippen molar-refractivity contribution in [2.24, 2.45) is 0 Å². The van der Waals surface area contributed by atoms with Gasteiger partial charge in [-0.25, -0.2) is 13.1 Å². The fourth-order valence-corrected chi connectivity index (χ4v) is 5.49. The molecular formula is C22H21N3O5S. The third-order valence-corrected chi connectivity index (χ3v) is 7.51. The van der Waals surface area contributed by atoms with Gasteiger partial charge in [0.15, 0.2) is 0 Å². The molecule has 0 bridgehead atoms. The molecule has 0 saturated carbocycles. The molecule has 0 spiro atoms. The van der Waals surface area contributed by atoms with Crippen molar-refractivity contribution in [1.82, 2.24) is 14.1 Å². The Morgan fingerprint density at radius 3 is 2.71 bits per heavy atom. The van der Waals surface area contributed by atoms with E-state index in [4.69, 9.17) is 9.47 Å². The van der Waals surface area contributed by atoms with E-state index in [-0.39, 0.29) is 29.6 Å². The predicted octanol–water partition coefficient (Wildman–Crippen LogP) is 2.10. The Labute approximate surface area is 179 Å². The molecule has 2 aliphatic rings. The summed E-state index contributed by atoms with van der Waals surface area (Å²) >= 11 is 0. The first-order valence-corrected chi connectivity index (χ1v) is 11.4. The van der Waals surface area contributed by atoms with E-state index in [1.54, 1.807) is 31.4 Å². The first-order chi connectivity index (χ1) is 15.0. The summed E-state index contributed by atoms with van der Waals surface area (Å²) in [5, 5.41) is 4.50. The average molecular weight is 439 g/mol. The van der Waals surface area contributed by atoms with Gasteiger partial charge in [-0.2, -0.15) is 9.40 Å². The minimum atomic E-state index is -3.64. The number of hydrogen-bond acceptors (Lipinski definition) is 6. The van der Waals surface area contributed by atoms with Crippen molar-refractivity contribution in [3.8, 4) is 22.8 Å². The topological polar surface area (TPSA) is 90.7 Å². The number of nitrogens with zero attached hydrogens (tertiary/aromatic N) is 3. The van der Waals surface area contributed by atoms with Crippen molar-refractivity contribution < 1.29 is 17.9 Å². The van der Waals surface area contributed by atoms with Gasteiger partial charge in [0, 0.05) is 31.1 Å². The van der Waals surface area contributed by atoms with E-state index in [1.165, 1.54) is 15.1 Å². The molecule has 1 saturated heterocycles. The number of aromatic nitrogens is 2. The summed E-state index contributed by atoms with van der Waals surface area (Å²) in [6, 6.07) is 15.1. The number of sulfonamides is 1. The molecular weight excluding hydrogens is 418 g/mol. The van der Waals surface area contributed by atoms with Crippen LogP contribution >= 0.6 is 0 Å². The molecule has 0 amide bonds.